The summed E-state index contributed by atoms with van der Waals surface area (Å²) in [6.07, 6.45) is 1.14. The van der Waals surface area contributed by atoms with E-state index in [0.717, 1.165) is 16.7 Å². The molecule has 0 aliphatic carbocycles. The Labute approximate surface area is 201 Å². The first-order chi connectivity index (χ1) is 15.6. The Hall–Kier alpha value is -3.35. The van der Waals surface area contributed by atoms with Gasteiger partial charge in [0.25, 0.3) is 0 Å². The van der Waals surface area contributed by atoms with Gasteiger partial charge >= 0.3 is 5.97 Å². The average molecular weight is 467 g/mol. The van der Waals surface area contributed by atoms with Gasteiger partial charge < -0.3 is 16.2 Å². The largest absolute Gasteiger partial charge is 0.468 e. The molecule has 0 unspecified atom stereocenters. The normalized spacial score (nSPS) is 11.7. The molecular formula is C26H31ClN4O2. The van der Waals surface area contributed by atoms with Crippen molar-refractivity contribution in [3.05, 3.63) is 108 Å². The zero-order valence-electron chi connectivity index (χ0n) is 18.7. The maximum absolute atomic E-state index is 12.8. The van der Waals surface area contributed by atoms with Gasteiger partial charge in [0.15, 0.2) is 5.96 Å². The molecule has 0 aliphatic rings. The van der Waals surface area contributed by atoms with E-state index in [2.05, 4.69) is 46.7 Å². The van der Waals surface area contributed by atoms with Crippen LogP contribution >= 0.6 is 12.4 Å². The van der Waals surface area contributed by atoms with Crippen molar-refractivity contribution in [1.82, 2.24) is 5.32 Å². The van der Waals surface area contributed by atoms with Gasteiger partial charge in [-0.25, -0.2) is 0 Å². The molecule has 174 valence electrons. The number of halogens is 1. The van der Waals surface area contributed by atoms with Crippen molar-refractivity contribution in [3.8, 4) is 0 Å². The van der Waals surface area contributed by atoms with Gasteiger partial charge in [-0.1, -0.05) is 91.0 Å². The summed E-state index contributed by atoms with van der Waals surface area (Å²) in [6.45, 7) is 0.437. The van der Waals surface area contributed by atoms with Gasteiger partial charge in [-0.15, -0.1) is 12.4 Å². The van der Waals surface area contributed by atoms with Crippen LogP contribution in [0.25, 0.3) is 0 Å². The van der Waals surface area contributed by atoms with E-state index in [0.29, 0.717) is 19.4 Å². The number of methoxy groups -OCH3 is 1. The Morgan fingerprint density at radius 1 is 0.879 bits per heavy atom. The first-order valence-corrected chi connectivity index (χ1v) is 10.7. The van der Waals surface area contributed by atoms with Crippen LogP contribution in [0.1, 0.15) is 29.5 Å². The molecule has 0 saturated heterocycles. The lowest BCUT2D eigenvalue weighted by molar-refractivity contribution is -0.143. The number of carbonyl (C=O) groups is 1. The fourth-order valence-corrected chi connectivity index (χ4v) is 3.97. The SMILES string of the molecule is COC(=O)[C@H](CCCN=C(N)N)NC(c1ccccc1)(c1ccccc1)c1ccccc1.Cl. The van der Waals surface area contributed by atoms with Crippen molar-refractivity contribution in [2.75, 3.05) is 13.7 Å². The summed E-state index contributed by atoms with van der Waals surface area (Å²) in [5, 5.41) is 3.67. The van der Waals surface area contributed by atoms with Crippen LogP contribution in [-0.4, -0.2) is 31.6 Å². The predicted molar refractivity (Wildman–Crippen MR) is 135 cm³/mol. The number of nitrogens with zero attached hydrogens (tertiary/aromatic N) is 1. The first kappa shape index (κ1) is 25.9. The van der Waals surface area contributed by atoms with E-state index in [9.17, 15) is 4.79 Å². The Morgan fingerprint density at radius 3 is 1.67 bits per heavy atom. The molecule has 0 aromatic heterocycles. The number of rotatable bonds is 10. The molecule has 0 bridgehead atoms. The highest BCUT2D eigenvalue weighted by Gasteiger charge is 2.39. The monoisotopic (exact) mass is 466 g/mol. The van der Waals surface area contributed by atoms with Crippen molar-refractivity contribution >= 4 is 24.3 Å². The van der Waals surface area contributed by atoms with Gasteiger partial charge in [0, 0.05) is 6.54 Å². The highest BCUT2D eigenvalue weighted by Crippen LogP contribution is 2.37. The summed E-state index contributed by atoms with van der Waals surface area (Å²) < 4.78 is 5.16. The number of carbonyl (C=O) groups excluding carboxylic acids is 1. The Balaban J connectivity index is 0.00000385. The maximum atomic E-state index is 12.8. The van der Waals surface area contributed by atoms with Crippen LogP contribution in [0.15, 0.2) is 96.0 Å². The standard InChI is InChI=1S/C26H30N4O2.ClH/c1-32-24(31)23(18-11-19-29-25(27)28)30-26(20-12-5-2-6-13-20,21-14-7-3-8-15-21)22-16-9-4-10-17-22;/h2-10,12-17,23,30H,11,18-19H2,1H3,(H4,27,28,29);1H/t23-;/m0./s1. The van der Waals surface area contributed by atoms with E-state index in [4.69, 9.17) is 16.2 Å². The van der Waals surface area contributed by atoms with Crippen LogP contribution in [0.4, 0.5) is 0 Å². The molecule has 0 spiro atoms. The van der Waals surface area contributed by atoms with E-state index < -0.39 is 11.6 Å². The smallest absolute Gasteiger partial charge is 0.322 e. The summed E-state index contributed by atoms with van der Waals surface area (Å²) in [5.41, 5.74) is 13.2. The molecule has 3 aromatic carbocycles. The first-order valence-electron chi connectivity index (χ1n) is 10.7. The predicted octanol–water partition coefficient (Wildman–Crippen LogP) is 3.59. The van der Waals surface area contributed by atoms with E-state index in [1.807, 2.05) is 54.6 Å². The second-order valence-corrected chi connectivity index (χ2v) is 7.52. The number of benzene rings is 3. The van der Waals surface area contributed by atoms with Gasteiger partial charge in [-0.2, -0.15) is 0 Å². The van der Waals surface area contributed by atoms with Crippen LogP contribution in [0.3, 0.4) is 0 Å². The Kier molecular flexibility index (Phi) is 9.91. The number of hydrogen-bond acceptors (Lipinski definition) is 4. The summed E-state index contributed by atoms with van der Waals surface area (Å²) >= 11 is 0. The quantitative estimate of drug-likeness (QED) is 0.139. The fraction of sp³-hybridized carbons (Fsp3) is 0.231. The third-order valence-corrected chi connectivity index (χ3v) is 5.44. The molecule has 0 saturated carbocycles. The molecular weight excluding hydrogens is 436 g/mol. The van der Waals surface area contributed by atoms with Crippen molar-refractivity contribution < 1.29 is 9.53 Å². The summed E-state index contributed by atoms with van der Waals surface area (Å²) in [6, 6.07) is 29.8. The van der Waals surface area contributed by atoms with Gasteiger partial charge in [0.1, 0.15) is 6.04 Å². The molecule has 0 amide bonds. The highest BCUT2D eigenvalue weighted by molar-refractivity contribution is 5.85. The second kappa shape index (κ2) is 12.6. The van der Waals surface area contributed by atoms with E-state index in [1.54, 1.807) is 0 Å². The van der Waals surface area contributed by atoms with Crippen molar-refractivity contribution in [1.29, 1.82) is 0 Å². The van der Waals surface area contributed by atoms with E-state index in [1.165, 1.54) is 7.11 Å². The van der Waals surface area contributed by atoms with Crippen molar-refractivity contribution in [2.45, 2.75) is 24.4 Å². The van der Waals surface area contributed by atoms with Gasteiger partial charge in [-0.3, -0.25) is 15.1 Å². The number of nitrogens with one attached hydrogen (secondary N) is 1. The van der Waals surface area contributed by atoms with Crippen LogP contribution in [0, 0.1) is 0 Å². The molecule has 0 aliphatic heterocycles. The Morgan fingerprint density at radius 2 is 1.30 bits per heavy atom. The molecule has 5 N–H and O–H groups in total. The number of guanidine groups is 1. The summed E-state index contributed by atoms with van der Waals surface area (Å²) in [5.74, 6) is -0.290. The number of hydrogen-bond donors (Lipinski definition) is 3. The minimum absolute atomic E-state index is 0. The number of esters is 1. The van der Waals surface area contributed by atoms with E-state index in [-0.39, 0.29) is 24.3 Å². The lowest BCUT2D eigenvalue weighted by Crippen LogP contribution is -2.53. The zero-order chi connectivity index (χ0) is 22.8. The van der Waals surface area contributed by atoms with Crippen LogP contribution in [-0.2, 0) is 15.1 Å². The lowest BCUT2D eigenvalue weighted by atomic mass is 9.76. The van der Waals surface area contributed by atoms with E-state index >= 15 is 0 Å². The molecule has 7 heteroatoms. The van der Waals surface area contributed by atoms with Gasteiger partial charge in [0.2, 0.25) is 0 Å². The minimum Gasteiger partial charge on any atom is -0.468 e. The van der Waals surface area contributed by atoms with Crippen LogP contribution in [0.5, 0.6) is 0 Å². The highest BCUT2D eigenvalue weighted by atomic mass is 35.5. The molecule has 6 nitrogen and oxygen atoms in total. The van der Waals surface area contributed by atoms with Gasteiger partial charge in [0.05, 0.1) is 12.6 Å². The lowest BCUT2D eigenvalue weighted by Gasteiger charge is -2.39. The average Bonchev–Trinajstić information content (AvgIpc) is 2.85. The zero-order valence-corrected chi connectivity index (χ0v) is 19.5. The topological polar surface area (TPSA) is 103 Å². The number of nitrogens with two attached hydrogens (primary N) is 2. The fourth-order valence-electron chi connectivity index (χ4n) is 3.97. The second-order valence-electron chi connectivity index (χ2n) is 7.52. The molecule has 0 radical (unpaired) electrons. The van der Waals surface area contributed by atoms with Crippen molar-refractivity contribution in [3.63, 3.8) is 0 Å². The number of aliphatic imine (C=N–C) groups is 1. The molecule has 33 heavy (non-hydrogen) atoms. The molecule has 0 heterocycles. The summed E-state index contributed by atoms with van der Waals surface area (Å²) in [7, 11) is 1.41. The maximum Gasteiger partial charge on any atom is 0.322 e. The Bertz CT molecular complexity index is 914. The molecule has 1 atom stereocenters. The molecule has 3 aromatic rings. The van der Waals surface area contributed by atoms with Gasteiger partial charge in [-0.05, 0) is 29.5 Å². The minimum atomic E-state index is -0.765. The molecule has 0 fully saturated rings. The number of ether oxygens (including phenoxy) is 1. The third kappa shape index (κ3) is 6.34. The summed E-state index contributed by atoms with van der Waals surface area (Å²) in [4.78, 5) is 16.9. The van der Waals surface area contributed by atoms with Crippen molar-refractivity contribution in [2.24, 2.45) is 16.5 Å². The van der Waals surface area contributed by atoms with Crippen LogP contribution in [0.2, 0.25) is 0 Å². The molecule has 3 rings (SSSR count). The van der Waals surface area contributed by atoms with Crippen LogP contribution < -0.4 is 16.8 Å². The third-order valence-electron chi connectivity index (χ3n) is 5.44.